The Bertz CT molecular complexity index is 852. The minimum atomic E-state index is -0.469. The molecule has 0 aliphatic rings. The molecule has 0 fully saturated rings. The van der Waals surface area contributed by atoms with Gasteiger partial charge in [-0.2, -0.15) is 0 Å². The standard InChI is InChI=1S/C13H9N3O4S/c1-7-2-5-10(20-7)12(17)15-13-14-9-4-3-8(16(18)19)6-11(9)21-13/h2-6H,1H3,(H,14,15,17). The Morgan fingerprint density at radius 1 is 1.38 bits per heavy atom. The van der Waals surface area contributed by atoms with Gasteiger partial charge in [0.2, 0.25) is 0 Å². The molecule has 7 nitrogen and oxygen atoms in total. The highest BCUT2D eigenvalue weighted by atomic mass is 32.1. The first-order valence-corrected chi connectivity index (χ1v) is 6.77. The van der Waals surface area contributed by atoms with Crippen LogP contribution in [0, 0.1) is 17.0 Å². The number of fused-ring (bicyclic) bond motifs is 1. The number of nitrogens with one attached hydrogen (secondary N) is 1. The summed E-state index contributed by atoms with van der Waals surface area (Å²) in [4.78, 5) is 26.4. The van der Waals surface area contributed by atoms with Crippen molar-refractivity contribution in [3.8, 4) is 0 Å². The number of furan rings is 1. The quantitative estimate of drug-likeness (QED) is 0.591. The van der Waals surface area contributed by atoms with Crippen LogP contribution in [0.3, 0.4) is 0 Å². The smallest absolute Gasteiger partial charge is 0.293 e. The van der Waals surface area contributed by atoms with Gasteiger partial charge in [0.1, 0.15) is 5.76 Å². The highest BCUT2D eigenvalue weighted by Gasteiger charge is 2.14. The lowest BCUT2D eigenvalue weighted by atomic mass is 10.3. The van der Waals surface area contributed by atoms with E-state index in [1.807, 2.05) is 0 Å². The Labute approximate surface area is 122 Å². The molecule has 1 N–H and O–H groups in total. The fourth-order valence-electron chi connectivity index (χ4n) is 1.80. The van der Waals surface area contributed by atoms with Crippen LogP contribution in [0.25, 0.3) is 10.2 Å². The number of aromatic nitrogens is 1. The van der Waals surface area contributed by atoms with Crippen LogP contribution in [-0.2, 0) is 0 Å². The Hall–Kier alpha value is -2.74. The highest BCUT2D eigenvalue weighted by Crippen LogP contribution is 2.29. The van der Waals surface area contributed by atoms with Crippen molar-refractivity contribution in [1.82, 2.24) is 4.98 Å². The van der Waals surface area contributed by atoms with Crippen LogP contribution < -0.4 is 5.32 Å². The van der Waals surface area contributed by atoms with E-state index in [2.05, 4.69) is 10.3 Å². The molecule has 8 heteroatoms. The van der Waals surface area contributed by atoms with Crippen molar-refractivity contribution < 1.29 is 14.1 Å². The normalized spacial score (nSPS) is 10.7. The summed E-state index contributed by atoms with van der Waals surface area (Å²) in [5.74, 6) is 0.425. The first-order valence-electron chi connectivity index (χ1n) is 5.96. The molecule has 0 atom stereocenters. The van der Waals surface area contributed by atoms with E-state index in [0.717, 1.165) is 0 Å². The lowest BCUT2D eigenvalue weighted by Gasteiger charge is -1.96. The van der Waals surface area contributed by atoms with Crippen molar-refractivity contribution in [3.63, 3.8) is 0 Å². The molecule has 21 heavy (non-hydrogen) atoms. The summed E-state index contributed by atoms with van der Waals surface area (Å²) in [6, 6.07) is 7.62. The molecule has 2 aromatic heterocycles. The first-order chi connectivity index (χ1) is 10.0. The molecule has 0 saturated carbocycles. The van der Waals surface area contributed by atoms with Gasteiger partial charge in [-0.1, -0.05) is 11.3 Å². The number of hydrogen-bond acceptors (Lipinski definition) is 6. The van der Waals surface area contributed by atoms with E-state index >= 15 is 0 Å². The summed E-state index contributed by atoms with van der Waals surface area (Å²) in [6.07, 6.45) is 0. The van der Waals surface area contributed by atoms with Gasteiger partial charge in [-0.3, -0.25) is 20.2 Å². The van der Waals surface area contributed by atoms with Crippen LogP contribution in [0.2, 0.25) is 0 Å². The predicted molar refractivity (Wildman–Crippen MR) is 77.7 cm³/mol. The number of rotatable bonds is 3. The Kier molecular flexibility index (Phi) is 3.15. The molecule has 2 heterocycles. The van der Waals surface area contributed by atoms with Crippen LogP contribution in [0.1, 0.15) is 16.3 Å². The van der Waals surface area contributed by atoms with Crippen LogP contribution in [-0.4, -0.2) is 15.8 Å². The first kappa shape index (κ1) is 13.3. The number of aryl methyl sites for hydroxylation is 1. The third-order valence-corrected chi connectivity index (χ3v) is 3.70. The Morgan fingerprint density at radius 2 is 2.19 bits per heavy atom. The molecule has 0 aliphatic heterocycles. The van der Waals surface area contributed by atoms with E-state index in [4.69, 9.17) is 4.42 Å². The van der Waals surface area contributed by atoms with Crippen LogP contribution >= 0.6 is 11.3 Å². The molecule has 0 radical (unpaired) electrons. The zero-order valence-electron chi connectivity index (χ0n) is 10.8. The maximum absolute atomic E-state index is 11.9. The zero-order valence-corrected chi connectivity index (χ0v) is 11.6. The van der Waals surface area contributed by atoms with E-state index in [-0.39, 0.29) is 11.4 Å². The van der Waals surface area contributed by atoms with Crippen molar-refractivity contribution in [1.29, 1.82) is 0 Å². The summed E-state index contributed by atoms with van der Waals surface area (Å²) in [7, 11) is 0. The average molecular weight is 303 g/mol. The number of nitrogens with zero attached hydrogens (tertiary/aromatic N) is 2. The van der Waals surface area contributed by atoms with Gasteiger partial charge >= 0.3 is 0 Å². The monoisotopic (exact) mass is 303 g/mol. The van der Waals surface area contributed by atoms with Crippen LogP contribution in [0.4, 0.5) is 10.8 Å². The Morgan fingerprint density at radius 3 is 2.86 bits per heavy atom. The Balaban J connectivity index is 1.87. The summed E-state index contributed by atoms with van der Waals surface area (Å²) >= 11 is 1.17. The number of thiazole rings is 1. The number of carbonyl (C=O) groups is 1. The van der Waals surface area contributed by atoms with Gasteiger partial charge in [0.05, 0.1) is 15.1 Å². The maximum atomic E-state index is 11.9. The molecule has 3 aromatic rings. The largest absolute Gasteiger partial charge is 0.456 e. The van der Waals surface area contributed by atoms with Gasteiger partial charge < -0.3 is 4.42 Å². The fraction of sp³-hybridized carbons (Fsp3) is 0.0769. The second-order valence-electron chi connectivity index (χ2n) is 4.29. The van der Waals surface area contributed by atoms with Crippen molar-refractivity contribution >= 4 is 38.3 Å². The van der Waals surface area contributed by atoms with Crippen LogP contribution in [0.15, 0.2) is 34.7 Å². The molecule has 106 valence electrons. The summed E-state index contributed by atoms with van der Waals surface area (Å²) in [5, 5.41) is 13.7. The number of amides is 1. The summed E-state index contributed by atoms with van der Waals surface area (Å²) < 4.78 is 5.85. The number of non-ortho nitro benzene ring substituents is 1. The van der Waals surface area contributed by atoms with Gasteiger partial charge in [0.15, 0.2) is 10.9 Å². The van der Waals surface area contributed by atoms with E-state index in [9.17, 15) is 14.9 Å². The molecule has 0 unspecified atom stereocenters. The number of nitro benzene ring substituents is 1. The molecule has 1 aromatic carbocycles. The molecule has 0 bridgehead atoms. The highest BCUT2D eigenvalue weighted by molar-refractivity contribution is 7.22. The molecule has 0 saturated heterocycles. The molecule has 0 aliphatic carbocycles. The van der Waals surface area contributed by atoms with Gasteiger partial charge in [-0.15, -0.1) is 0 Å². The third-order valence-electron chi connectivity index (χ3n) is 2.77. The molecule has 0 spiro atoms. The number of benzene rings is 1. The third kappa shape index (κ3) is 2.61. The molecular weight excluding hydrogens is 294 g/mol. The number of nitro groups is 1. The fourth-order valence-corrected chi connectivity index (χ4v) is 2.69. The van der Waals surface area contributed by atoms with E-state index < -0.39 is 10.8 Å². The van der Waals surface area contributed by atoms with E-state index in [0.29, 0.717) is 21.1 Å². The SMILES string of the molecule is Cc1ccc(C(=O)Nc2nc3ccc([N+](=O)[O-])cc3s2)o1. The number of carbonyl (C=O) groups excluding carboxylic acids is 1. The molecule has 3 rings (SSSR count). The minimum absolute atomic E-state index is 0.00862. The second-order valence-corrected chi connectivity index (χ2v) is 5.32. The van der Waals surface area contributed by atoms with Gasteiger partial charge in [-0.25, -0.2) is 4.98 Å². The topological polar surface area (TPSA) is 98.3 Å². The number of hydrogen-bond donors (Lipinski definition) is 1. The van der Waals surface area contributed by atoms with Gasteiger partial charge in [-0.05, 0) is 25.1 Å². The zero-order chi connectivity index (χ0) is 15.0. The van der Waals surface area contributed by atoms with Crippen molar-refractivity contribution in [3.05, 3.63) is 52.0 Å². The lowest BCUT2D eigenvalue weighted by molar-refractivity contribution is -0.384. The number of anilines is 1. The van der Waals surface area contributed by atoms with Gasteiger partial charge in [0.25, 0.3) is 11.6 Å². The van der Waals surface area contributed by atoms with E-state index in [1.54, 1.807) is 25.1 Å². The maximum Gasteiger partial charge on any atom is 0.293 e. The average Bonchev–Trinajstić information content (AvgIpc) is 3.03. The van der Waals surface area contributed by atoms with Crippen molar-refractivity contribution in [2.24, 2.45) is 0 Å². The summed E-state index contributed by atoms with van der Waals surface area (Å²) in [6.45, 7) is 1.74. The lowest BCUT2D eigenvalue weighted by Crippen LogP contribution is -2.10. The van der Waals surface area contributed by atoms with Crippen molar-refractivity contribution in [2.75, 3.05) is 5.32 Å². The van der Waals surface area contributed by atoms with Crippen molar-refractivity contribution in [2.45, 2.75) is 6.92 Å². The van der Waals surface area contributed by atoms with Gasteiger partial charge in [0, 0.05) is 12.1 Å². The molecule has 1 amide bonds. The summed E-state index contributed by atoms with van der Waals surface area (Å²) in [5.41, 5.74) is 0.585. The predicted octanol–water partition coefficient (Wildman–Crippen LogP) is 3.36. The second kappa shape index (κ2) is 4.98. The molecular formula is C13H9N3O4S. The minimum Gasteiger partial charge on any atom is -0.456 e. The van der Waals surface area contributed by atoms with Crippen LogP contribution in [0.5, 0.6) is 0 Å². The van der Waals surface area contributed by atoms with E-state index in [1.165, 1.54) is 23.5 Å².